The molecule has 0 unspecified atom stereocenters. The molecule has 1 aliphatic heterocycles. The van der Waals surface area contributed by atoms with Gasteiger partial charge in [-0.1, -0.05) is 12.1 Å². The number of piperazine rings is 1. The summed E-state index contributed by atoms with van der Waals surface area (Å²) in [4.78, 5) is 32.5. The number of anilines is 1. The van der Waals surface area contributed by atoms with E-state index in [1.54, 1.807) is 34.2 Å². The van der Waals surface area contributed by atoms with E-state index in [4.69, 9.17) is 0 Å². The van der Waals surface area contributed by atoms with Crippen molar-refractivity contribution in [2.24, 2.45) is 0 Å². The molecule has 1 aliphatic rings. The first-order valence-electron chi connectivity index (χ1n) is 8.46. The molecule has 0 saturated carbocycles. The first kappa shape index (κ1) is 17.1. The van der Waals surface area contributed by atoms with Crippen molar-refractivity contribution in [3.8, 4) is 0 Å². The minimum Gasteiger partial charge on any atom is -0.345 e. The number of carbonyl (C=O) groups is 1. The maximum absolute atomic E-state index is 13.4. The first-order valence-corrected chi connectivity index (χ1v) is 8.46. The van der Waals surface area contributed by atoms with Crippen LogP contribution < -0.4 is 10.5 Å². The summed E-state index contributed by atoms with van der Waals surface area (Å²) in [5.74, 6) is -1.56. The Labute approximate surface area is 153 Å². The van der Waals surface area contributed by atoms with Crippen LogP contribution in [-0.4, -0.2) is 39.8 Å². The highest BCUT2D eigenvalue weighted by molar-refractivity contribution is 5.82. The number of rotatable bonds is 3. The standard InChI is InChI=1S/C19H16F2N4O2/c20-14-5-4-13(9-15(14)21)11-24-8-7-23(12-19(24)27)17-10-18(26)25-6-2-1-3-16(25)22-17/h1-6,9-10H,7-8,11-12H2. The normalized spacial score (nSPS) is 14.8. The van der Waals surface area contributed by atoms with E-state index in [1.807, 2.05) is 0 Å². The van der Waals surface area contributed by atoms with Crippen molar-refractivity contribution < 1.29 is 13.6 Å². The minimum absolute atomic E-state index is 0.0686. The maximum Gasteiger partial charge on any atom is 0.259 e. The molecule has 27 heavy (non-hydrogen) atoms. The summed E-state index contributed by atoms with van der Waals surface area (Å²) >= 11 is 0. The topological polar surface area (TPSA) is 57.9 Å². The lowest BCUT2D eigenvalue weighted by atomic mass is 10.2. The highest BCUT2D eigenvalue weighted by Crippen LogP contribution is 2.17. The Morgan fingerprint density at radius 3 is 2.63 bits per heavy atom. The van der Waals surface area contributed by atoms with Gasteiger partial charge in [0.25, 0.3) is 5.56 Å². The van der Waals surface area contributed by atoms with E-state index in [-0.39, 0.29) is 24.6 Å². The average Bonchev–Trinajstić information content (AvgIpc) is 2.66. The Kier molecular flexibility index (Phi) is 4.31. The van der Waals surface area contributed by atoms with Crippen LogP contribution in [0.1, 0.15) is 5.56 Å². The SMILES string of the molecule is O=C1CN(c2cc(=O)n3ccccc3n2)CCN1Cc1ccc(F)c(F)c1. The van der Waals surface area contributed by atoms with Gasteiger partial charge in [-0.05, 0) is 29.8 Å². The predicted molar refractivity (Wildman–Crippen MR) is 95.5 cm³/mol. The van der Waals surface area contributed by atoms with Gasteiger partial charge in [0, 0.05) is 31.9 Å². The van der Waals surface area contributed by atoms with Gasteiger partial charge in [0.15, 0.2) is 11.6 Å². The van der Waals surface area contributed by atoms with Crippen molar-refractivity contribution in [3.05, 3.63) is 76.2 Å². The molecule has 8 heteroatoms. The summed E-state index contributed by atoms with van der Waals surface area (Å²) in [7, 11) is 0. The predicted octanol–water partition coefficient (Wildman–Crippen LogP) is 1.82. The summed E-state index contributed by atoms with van der Waals surface area (Å²) in [6.07, 6.45) is 1.64. The third-order valence-corrected chi connectivity index (χ3v) is 4.56. The second-order valence-corrected chi connectivity index (χ2v) is 6.37. The second kappa shape index (κ2) is 6.79. The van der Waals surface area contributed by atoms with Gasteiger partial charge in [-0.2, -0.15) is 0 Å². The highest BCUT2D eigenvalue weighted by Gasteiger charge is 2.25. The van der Waals surface area contributed by atoms with E-state index in [2.05, 4.69) is 4.98 Å². The zero-order valence-electron chi connectivity index (χ0n) is 14.3. The number of halogens is 2. The minimum atomic E-state index is -0.931. The Morgan fingerprint density at radius 1 is 1.00 bits per heavy atom. The van der Waals surface area contributed by atoms with E-state index in [0.29, 0.717) is 30.1 Å². The first-order chi connectivity index (χ1) is 13.0. The molecule has 0 spiro atoms. The zero-order chi connectivity index (χ0) is 19.0. The molecule has 2 aromatic heterocycles. The largest absolute Gasteiger partial charge is 0.345 e. The Balaban J connectivity index is 1.51. The van der Waals surface area contributed by atoms with Gasteiger partial charge in [-0.3, -0.25) is 14.0 Å². The summed E-state index contributed by atoms with van der Waals surface area (Å²) in [6.45, 7) is 1.16. The van der Waals surface area contributed by atoms with Crippen LogP contribution in [0, 0.1) is 11.6 Å². The number of amides is 1. The number of carbonyl (C=O) groups excluding carboxylic acids is 1. The summed E-state index contributed by atoms with van der Waals surface area (Å²) in [5.41, 5.74) is 0.821. The van der Waals surface area contributed by atoms with E-state index >= 15 is 0 Å². The Bertz CT molecular complexity index is 1080. The van der Waals surface area contributed by atoms with Crippen LogP contribution in [0.3, 0.4) is 0 Å². The molecule has 1 saturated heterocycles. The maximum atomic E-state index is 13.4. The fourth-order valence-electron chi connectivity index (χ4n) is 3.13. The van der Waals surface area contributed by atoms with Crippen LogP contribution in [0.4, 0.5) is 14.6 Å². The smallest absolute Gasteiger partial charge is 0.259 e. The molecule has 1 fully saturated rings. The molecule has 0 N–H and O–H groups in total. The Hall–Kier alpha value is -3.29. The van der Waals surface area contributed by atoms with Gasteiger partial charge < -0.3 is 9.80 Å². The monoisotopic (exact) mass is 370 g/mol. The van der Waals surface area contributed by atoms with Crippen LogP contribution in [0.5, 0.6) is 0 Å². The number of nitrogens with zero attached hydrogens (tertiary/aromatic N) is 4. The van der Waals surface area contributed by atoms with Crippen molar-refractivity contribution in [1.29, 1.82) is 0 Å². The molecule has 6 nitrogen and oxygen atoms in total. The molecule has 1 amide bonds. The number of fused-ring (bicyclic) bond motifs is 1. The number of hydrogen-bond donors (Lipinski definition) is 0. The molecule has 0 radical (unpaired) electrons. The van der Waals surface area contributed by atoms with Crippen LogP contribution in [0.2, 0.25) is 0 Å². The lowest BCUT2D eigenvalue weighted by Crippen LogP contribution is -2.50. The van der Waals surface area contributed by atoms with Gasteiger partial charge in [0.05, 0.1) is 6.54 Å². The van der Waals surface area contributed by atoms with E-state index in [1.165, 1.54) is 16.5 Å². The Morgan fingerprint density at radius 2 is 1.85 bits per heavy atom. The van der Waals surface area contributed by atoms with Gasteiger partial charge in [0.1, 0.15) is 11.5 Å². The quantitative estimate of drug-likeness (QED) is 0.706. The summed E-state index contributed by atoms with van der Waals surface area (Å²) in [5, 5.41) is 0. The van der Waals surface area contributed by atoms with Crippen LogP contribution in [0.15, 0.2) is 53.5 Å². The number of benzene rings is 1. The highest BCUT2D eigenvalue weighted by atomic mass is 19.2. The molecule has 1 aromatic carbocycles. The molecule has 0 aliphatic carbocycles. The molecule has 4 rings (SSSR count). The van der Waals surface area contributed by atoms with Crippen LogP contribution in [0.25, 0.3) is 5.65 Å². The van der Waals surface area contributed by atoms with Crippen molar-refractivity contribution in [2.45, 2.75) is 6.54 Å². The van der Waals surface area contributed by atoms with Gasteiger partial charge in [-0.15, -0.1) is 0 Å². The van der Waals surface area contributed by atoms with E-state index in [0.717, 1.165) is 12.1 Å². The second-order valence-electron chi connectivity index (χ2n) is 6.37. The number of hydrogen-bond acceptors (Lipinski definition) is 4. The van der Waals surface area contributed by atoms with E-state index < -0.39 is 11.6 Å². The molecular formula is C19H16F2N4O2. The lowest BCUT2D eigenvalue weighted by molar-refractivity contribution is -0.131. The van der Waals surface area contributed by atoms with Crippen molar-refractivity contribution in [1.82, 2.24) is 14.3 Å². The molecule has 3 aromatic rings. The van der Waals surface area contributed by atoms with Crippen LogP contribution >= 0.6 is 0 Å². The molecule has 0 bridgehead atoms. The van der Waals surface area contributed by atoms with Crippen molar-refractivity contribution >= 4 is 17.4 Å². The van der Waals surface area contributed by atoms with Crippen LogP contribution in [-0.2, 0) is 11.3 Å². The molecule has 0 atom stereocenters. The van der Waals surface area contributed by atoms with Crippen molar-refractivity contribution in [2.75, 3.05) is 24.5 Å². The fraction of sp³-hybridized carbons (Fsp3) is 0.211. The average molecular weight is 370 g/mol. The fourth-order valence-corrected chi connectivity index (χ4v) is 3.13. The third kappa shape index (κ3) is 3.38. The summed E-state index contributed by atoms with van der Waals surface area (Å²) < 4.78 is 27.8. The molecule has 138 valence electrons. The molecular weight excluding hydrogens is 354 g/mol. The summed E-state index contributed by atoms with van der Waals surface area (Å²) in [6, 6.07) is 10.3. The third-order valence-electron chi connectivity index (χ3n) is 4.56. The van der Waals surface area contributed by atoms with Gasteiger partial charge in [-0.25, -0.2) is 13.8 Å². The van der Waals surface area contributed by atoms with Gasteiger partial charge >= 0.3 is 0 Å². The van der Waals surface area contributed by atoms with E-state index in [9.17, 15) is 18.4 Å². The van der Waals surface area contributed by atoms with Crippen molar-refractivity contribution in [3.63, 3.8) is 0 Å². The number of pyridine rings is 1. The zero-order valence-corrected chi connectivity index (χ0v) is 14.3. The molecule has 3 heterocycles. The number of aromatic nitrogens is 2. The lowest BCUT2D eigenvalue weighted by Gasteiger charge is -2.35. The van der Waals surface area contributed by atoms with Gasteiger partial charge in [0.2, 0.25) is 5.91 Å².